The van der Waals surface area contributed by atoms with Crippen molar-refractivity contribution in [1.29, 1.82) is 0 Å². The van der Waals surface area contributed by atoms with Crippen molar-refractivity contribution in [3.63, 3.8) is 0 Å². The predicted molar refractivity (Wildman–Crippen MR) is 65.1 cm³/mol. The van der Waals surface area contributed by atoms with E-state index >= 15 is 0 Å². The number of carbonyl (C=O) groups excluding carboxylic acids is 1. The molecule has 0 unspecified atom stereocenters. The number of carbonyl (C=O) groups is 1. The highest BCUT2D eigenvalue weighted by molar-refractivity contribution is 5.91. The Bertz CT molecular complexity index is 524. The van der Waals surface area contributed by atoms with Gasteiger partial charge in [-0.2, -0.15) is 0 Å². The highest BCUT2D eigenvalue weighted by atomic mass is 16.7. The molecular formula is C12H14N2O6. The van der Waals surface area contributed by atoms with Crippen molar-refractivity contribution in [3.05, 3.63) is 28.0 Å². The maximum atomic E-state index is 12.2. The second-order valence-corrected chi connectivity index (χ2v) is 4.79. The number of furan rings is 1. The minimum absolute atomic E-state index is 0.0130. The van der Waals surface area contributed by atoms with Crippen molar-refractivity contribution < 1.29 is 23.6 Å². The lowest BCUT2D eigenvalue weighted by Crippen LogP contribution is -2.47. The van der Waals surface area contributed by atoms with E-state index in [0.29, 0.717) is 39.1 Å². The Labute approximate surface area is 114 Å². The van der Waals surface area contributed by atoms with Crippen LogP contribution < -0.4 is 0 Å². The standard InChI is InChI=1S/C12H14N2O6/c15-11(9-1-2-10(20-9)14(16)17)13-5-3-12(4-6-13)18-7-8-19-12/h1-2H,3-8H2. The summed E-state index contributed by atoms with van der Waals surface area (Å²) >= 11 is 0. The predicted octanol–water partition coefficient (Wildman–Crippen LogP) is 1.17. The molecule has 8 nitrogen and oxygen atoms in total. The van der Waals surface area contributed by atoms with Crippen molar-refractivity contribution >= 4 is 11.8 Å². The van der Waals surface area contributed by atoms with E-state index < -0.39 is 16.6 Å². The Balaban J connectivity index is 1.65. The summed E-state index contributed by atoms with van der Waals surface area (Å²) in [6, 6.07) is 2.51. The largest absolute Gasteiger partial charge is 0.433 e. The van der Waals surface area contributed by atoms with E-state index in [9.17, 15) is 14.9 Å². The van der Waals surface area contributed by atoms with E-state index in [0.717, 1.165) is 0 Å². The van der Waals surface area contributed by atoms with Crippen LogP contribution >= 0.6 is 0 Å². The molecule has 1 amide bonds. The first-order valence-corrected chi connectivity index (χ1v) is 6.41. The molecule has 1 aromatic heterocycles. The number of hydrogen-bond donors (Lipinski definition) is 0. The Morgan fingerprint density at radius 1 is 1.25 bits per heavy atom. The highest BCUT2D eigenvalue weighted by Gasteiger charge is 2.41. The fourth-order valence-corrected chi connectivity index (χ4v) is 2.53. The molecule has 1 spiro atoms. The first kappa shape index (κ1) is 13.1. The van der Waals surface area contributed by atoms with Crippen LogP contribution in [0.15, 0.2) is 16.5 Å². The van der Waals surface area contributed by atoms with Crippen molar-refractivity contribution in [2.45, 2.75) is 18.6 Å². The second-order valence-electron chi connectivity index (χ2n) is 4.79. The molecule has 3 heterocycles. The van der Waals surface area contributed by atoms with Gasteiger partial charge in [0.25, 0.3) is 5.91 Å². The summed E-state index contributed by atoms with van der Waals surface area (Å²) < 4.78 is 16.1. The number of likely N-dealkylation sites (tertiary alicyclic amines) is 1. The Hall–Kier alpha value is -1.93. The Kier molecular flexibility index (Phi) is 3.19. The summed E-state index contributed by atoms with van der Waals surface area (Å²) in [5.41, 5.74) is 0. The molecule has 0 radical (unpaired) electrons. The van der Waals surface area contributed by atoms with Gasteiger partial charge in [-0.25, -0.2) is 0 Å². The monoisotopic (exact) mass is 282 g/mol. The Morgan fingerprint density at radius 2 is 1.90 bits per heavy atom. The van der Waals surface area contributed by atoms with Crippen molar-refractivity contribution in [3.8, 4) is 0 Å². The third kappa shape index (κ3) is 2.27. The summed E-state index contributed by atoms with van der Waals surface area (Å²) in [5, 5.41) is 10.5. The zero-order chi connectivity index (χ0) is 14.2. The SMILES string of the molecule is O=C(c1ccc([N+](=O)[O-])o1)N1CCC2(CC1)OCCO2. The van der Waals surface area contributed by atoms with E-state index in [1.165, 1.54) is 12.1 Å². The number of piperidine rings is 1. The molecule has 0 atom stereocenters. The van der Waals surface area contributed by atoms with Gasteiger partial charge < -0.3 is 18.8 Å². The third-order valence-electron chi connectivity index (χ3n) is 3.61. The lowest BCUT2D eigenvalue weighted by Gasteiger charge is -2.37. The summed E-state index contributed by atoms with van der Waals surface area (Å²) in [6.45, 7) is 2.12. The molecule has 108 valence electrons. The molecule has 0 N–H and O–H groups in total. The number of ether oxygens (including phenoxy) is 2. The van der Waals surface area contributed by atoms with Crippen LogP contribution in [-0.2, 0) is 9.47 Å². The van der Waals surface area contributed by atoms with Crippen LogP contribution in [0.5, 0.6) is 0 Å². The topological polar surface area (TPSA) is 95.0 Å². The highest BCUT2D eigenvalue weighted by Crippen LogP contribution is 2.32. The summed E-state index contributed by atoms with van der Waals surface area (Å²) in [7, 11) is 0. The maximum Gasteiger partial charge on any atom is 0.433 e. The van der Waals surface area contributed by atoms with E-state index in [1.54, 1.807) is 4.90 Å². The van der Waals surface area contributed by atoms with Crippen LogP contribution in [0.25, 0.3) is 0 Å². The fraction of sp³-hybridized carbons (Fsp3) is 0.583. The van der Waals surface area contributed by atoms with Crippen molar-refractivity contribution in [2.24, 2.45) is 0 Å². The van der Waals surface area contributed by atoms with Gasteiger partial charge in [0.1, 0.15) is 4.92 Å². The average Bonchev–Trinajstić information content (AvgIpc) is 3.08. The number of rotatable bonds is 2. The van der Waals surface area contributed by atoms with Gasteiger partial charge >= 0.3 is 5.88 Å². The van der Waals surface area contributed by atoms with E-state index in [4.69, 9.17) is 13.9 Å². The van der Waals surface area contributed by atoms with Gasteiger partial charge in [0.15, 0.2) is 11.5 Å². The second kappa shape index (κ2) is 4.88. The van der Waals surface area contributed by atoms with Crippen LogP contribution in [0.1, 0.15) is 23.4 Å². The zero-order valence-corrected chi connectivity index (χ0v) is 10.7. The van der Waals surface area contributed by atoms with Crippen LogP contribution in [-0.4, -0.2) is 47.8 Å². The maximum absolute atomic E-state index is 12.2. The number of nitrogens with zero attached hydrogens (tertiary/aromatic N) is 2. The number of hydrogen-bond acceptors (Lipinski definition) is 6. The van der Waals surface area contributed by atoms with Crippen LogP contribution in [0.4, 0.5) is 5.88 Å². The van der Waals surface area contributed by atoms with E-state index in [-0.39, 0.29) is 11.7 Å². The molecule has 2 fully saturated rings. The van der Waals surface area contributed by atoms with Gasteiger partial charge in [-0.15, -0.1) is 0 Å². The normalized spacial score (nSPS) is 21.3. The van der Waals surface area contributed by atoms with Crippen LogP contribution in [0, 0.1) is 10.1 Å². The minimum Gasteiger partial charge on any atom is -0.395 e. The lowest BCUT2D eigenvalue weighted by molar-refractivity contribution is -0.402. The molecule has 2 saturated heterocycles. The van der Waals surface area contributed by atoms with Gasteiger partial charge in [-0.05, 0) is 6.07 Å². The van der Waals surface area contributed by atoms with Gasteiger partial charge in [-0.1, -0.05) is 0 Å². The molecule has 3 rings (SSSR count). The smallest absolute Gasteiger partial charge is 0.395 e. The third-order valence-corrected chi connectivity index (χ3v) is 3.61. The fourth-order valence-electron chi connectivity index (χ4n) is 2.53. The van der Waals surface area contributed by atoms with Crippen LogP contribution in [0.2, 0.25) is 0 Å². The number of nitro groups is 1. The minimum atomic E-state index is -0.664. The summed E-state index contributed by atoms with van der Waals surface area (Å²) in [5.74, 6) is -1.33. The molecular weight excluding hydrogens is 268 g/mol. The van der Waals surface area contributed by atoms with Gasteiger partial charge in [0.05, 0.1) is 19.3 Å². The first-order valence-electron chi connectivity index (χ1n) is 6.41. The van der Waals surface area contributed by atoms with Gasteiger partial charge in [0, 0.05) is 25.9 Å². The molecule has 20 heavy (non-hydrogen) atoms. The molecule has 0 aromatic carbocycles. The average molecular weight is 282 g/mol. The lowest BCUT2D eigenvalue weighted by atomic mass is 10.0. The van der Waals surface area contributed by atoms with Crippen molar-refractivity contribution in [1.82, 2.24) is 4.90 Å². The van der Waals surface area contributed by atoms with E-state index in [1.807, 2.05) is 0 Å². The number of amides is 1. The quantitative estimate of drug-likeness (QED) is 0.596. The van der Waals surface area contributed by atoms with E-state index in [2.05, 4.69) is 0 Å². The molecule has 0 bridgehead atoms. The van der Waals surface area contributed by atoms with Gasteiger partial charge in [-0.3, -0.25) is 14.9 Å². The Morgan fingerprint density at radius 3 is 2.45 bits per heavy atom. The summed E-state index contributed by atoms with van der Waals surface area (Å²) in [6.07, 6.45) is 1.20. The van der Waals surface area contributed by atoms with Crippen LogP contribution in [0.3, 0.4) is 0 Å². The molecule has 2 aliphatic heterocycles. The molecule has 0 saturated carbocycles. The molecule has 8 heteroatoms. The molecule has 0 aliphatic carbocycles. The van der Waals surface area contributed by atoms with Crippen molar-refractivity contribution in [2.75, 3.05) is 26.3 Å². The summed E-state index contributed by atoms with van der Waals surface area (Å²) in [4.78, 5) is 23.6. The van der Waals surface area contributed by atoms with Gasteiger partial charge in [0.2, 0.25) is 0 Å². The zero-order valence-electron chi connectivity index (χ0n) is 10.7. The molecule has 2 aliphatic rings. The first-order chi connectivity index (χ1) is 9.60. The molecule has 1 aromatic rings.